The monoisotopic (exact) mass is 352 g/mol. The molecule has 23 heavy (non-hydrogen) atoms. The summed E-state index contributed by atoms with van der Waals surface area (Å²) in [4.78, 5) is 11.3. The number of aliphatic carboxylic acids is 1. The smallest absolute Gasteiger partial charge is 0.326 e. The lowest BCUT2D eigenvalue weighted by atomic mass is 10.1. The fourth-order valence-electron chi connectivity index (χ4n) is 2.11. The highest BCUT2D eigenvalue weighted by Crippen LogP contribution is 2.16. The third-order valence-corrected chi connectivity index (χ3v) is 3.83. The molecule has 2 aromatic carbocycles. The molecule has 0 radical (unpaired) electrons. The topological polar surface area (TPSA) is 61.4 Å². The summed E-state index contributed by atoms with van der Waals surface area (Å²) in [6.45, 7) is 0.688. The number of carbonyl (C=O) groups is 1. The molecule has 0 saturated heterocycles. The number of carboxylic acids is 1. The van der Waals surface area contributed by atoms with Gasteiger partial charge in [-0.05, 0) is 61.4 Å². The molecule has 6 heteroatoms. The largest absolute Gasteiger partial charge is 0.480 e. The first-order valence-corrected chi connectivity index (χ1v) is 8.04. The number of nitrogens with one attached hydrogen (secondary N) is 2. The van der Waals surface area contributed by atoms with Gasteiger partial charge in [0.1, 0.15) is 6.04 Å². The van der Waals surface area contributed by atoms with E-state index < -0.39 is 12.0 Å². The van der Waals surface area contributed by atoms with Crippen LogP contribution >= 0.6 is 23.2 Å². The second-order valence-electron chi connectivity index (χ2n) is 5.12. The first-order chi connectivity index (χ1) is 11.0. The molecule has 0 heterocycles. The van der Waals surface area contributed by atoms with Crippen LogP contribution in [0.3, 0.4) is 0 Å². The molecule has 3 N–H and O–H groups in total. The summed E-state index contributed by atoms with van der Waals surface area (Å²) in [5, 5.41) is 16.9. The van der Waals surface area contributed by atoms with Gasteiger partial charge in [-0.1, -0.05) is 23.2 Å². The first kappa shape index (κ1) is 17.4. The van der Waals surface area contributed by atoms with Crippen molar-refractivity contribution < 1.29 is 9.90 Å². The standard InChI is InChI=1S/C17H18Cl2N2O2/c18-12-3-7-14(8-4-12)20-11-1-2-16(17(22)23)21-15-9-5-13(19)6-10-15/h3-10,16,20-21H,1-2,11H2,(H,22,23). The SMILES string of the molecule is O=C(O)C(CCCNc1ccc(Cl)cc1)Nc1ccc(Cl)cc1. The summed E-state index contributed by atoms with van der Waals surface area (Å²) < 4.78 is 0. The predicted octanol–water partition coefficient (Wildman–Crippen LogP) is 4.75. The fraction of sp³-hybridized carbons (Fsp3) is 0.235. The van der Waals surface area contributed by atoms with Gasteiger partial charge < -0.3 is 15.7 Å². The number of hydrogen-bond donors (Lipinski definition) is 3. The molecule has 0 bridgehead atoms. The molecule has 0 aliphatic rings. The average molecular weight is 353 g/mol. The van der Waals surface area contributed by atoms with Crippen molar-refractivity contribution in [3.05, 3.63) is 58.6 Å². The Morgan fingerprint density at radius 3 is 2.00 bits per heavy atom. The maximum atomic E-state index is 11.3. The highest BCUT2D eigenvalue weighted by atomic mass is 35.5. The molecule has 0 fully saturated rings. The van der Waals surface area contributed by atoms with E-state index in [4.69, 9.17) is 23.2 Å². The Hall–Kier alpha value is -1.91. The van der Waals surface area contributed by atoms with Crippen LogP contribution in [0.1, 0.15) is 12.8 Å². The molecule has 4 nitrogen and oxygen atoms in total. The third-order valence-electron chi connectivity index (χ3n) is 3.33. The number of carboxylic acid groups (broad SMARTS) is 1. The van der Waals surface area contributed by atoms with Crippen molar-refractivity contribution in [2.24, 2.45) is 0 Å². The van der Waals surface area contributed by atoms with Crippen LogP contribution in [0.15, 0.2) is 48.5 Å². The Morgan fingerprint density at radius 1 is 0.957 bits per heavy atom. The van der Waals surface area contributed by atoms with Crippen molar-refractivity contribution in [2.75, 3.05) is 17.2 Å². The van der Waals surface area contributed by atoms with Crippen LogP contribution in [-0.2, 0) is 4.79 Å². The van der Waals surface area contributed by atoms with Gasteiger partial charge in [0.25, 0.3) is 0 Å². The average Bonchev–Trinajstić information content (AvgIpc) is 2.53. The zero-order valence-electron chi connectivity index (χ0n) is 12.4. The summed E-state index contributed by atoms with van der Waals surface area (Å²) in [5.41, 5.74) is 1.71. The first-order valence-electron chi connectivity index (χ1n) is 7.29. The number of halogens is 2. The van der Waals surface area contributed by atoms with E-state index in [9.17, 15) is 9.90 Å². The minimum Gasteiger partial charge on any atom is -0.480 e. The van der Waals surface area contributed by atoms with Crippen molar-refractivity contribution in [3.63, 3.8) is 0 Å². The van der Waals surface area contributed by atoms with Gasteiger partial charge in [-0.15, -0.1) is 0 Å². The second-order valence-corrected chi connectivity index (χ2v) is 5.99. The second kappa shape index (κ2) is 8.65. The maximum Gasteiger partial charge on any atom is 0.326 e. The van der Waals surface area contributed by atoms with Gasteiger partial charge in [-0.3, -0.25) is 0 Å². The van der Waals surface area contributed by atoms with Gasteiger partial charge in [0.2, 0.25) is 0 Å². The molecule has 0 amide bonds. The van der Waals surface area contributed by atoms with E-state index in [1.54, 1.807) is 24.3 Å². The minimum absolute atomic E-state index is 0.512. The molecule has 0 aliphatic heterocycles. The highest BCUT2D eigenvalue weighted by molar-refractivity contribution is 6.30. The summed E-state index contributed by atoms with van der Waals surface area (Å²) in [6, 6.07) is 13.8. The van der Waals surface area contributed by atoms with E-state index in [0.29, 0.717) is 23.0 Å². The van der Waals surface area contributed by atoms with Gasteiger partial charge >= 0.3 is 5.97 Å². The molecule has 2 aromatic rings. The van der Waals surface area contributed by atoms with Crippen molar-refractivity contribution >= 4 is 40.5 Å². The van der Waals surface area contributed by atoms with E-state index >= 15 is 0 Å². The Morgan fingerprint density at radius 2 is 1.48 bits per heavy atom. The molecule has 2 rings (SSSR count). The highest BCUT2D eigenvalue weighted by Gasteiger charge is 2.16. The third kappa shape index (κ3) is 6.00. The van der Waals surface area contributed by atoms with Crippen molar-refractivity contribution in [3.8, 4) is 0 Å². The van der Waals surface area contributed by atoms with E-state index in [1.807, 2.05) is 24.3 Å². The number of benzene rings is 2. The lowest BCUT2D eigenvalue weighted by Gasteiger charge is -2.16. The van der Waals surface area contributed by atoms with Gasteiger partial charge in [0, 0.05) is 28.0 Å². The molecule has 0 saturated carbocycles. The number of anilines is 2. The Labute approximate surface area is 145 Å². The van der Waals surface area contributed by atoms with Crippen molar-refractivity contribution in [1.82, 2.24) is 0 Å². The van der Waals surface area contributed by atoms with Crippen LogP contribution in [0.4, 0.5) is 11.4 Å². The van der Waals surface area contributed by atoms with E-state index in [-0.39, 0.29) is 0 Å². The Kier molecular flexibility index (Phi) is 6.56. The molecular weight excluding hydrogens is 335 g/mol. The summed E-state index contributed by atoms with van der Waals surface area (Å²) in [5.74, 6) is -0.869. The van der Waals surface area contributed by atoms with Gasteiger partial charge in [-0.2, -0.15) is 0 Å². The van der Waals surface area contributed by atoms with Crippen LogP contribution in [0, 0.1) is 0 Å². The van der Waals surface area contributed by atoms with Crippen LogP contribution in [0.5, 0.6) is 0 Å². The van der Waals surface area contributed by atoms with Gasteiger partial charge in [0.05, 0.1) is 0 Å². The Bertz CT molecular complexity index is 630. The van der Waals surface area contributed by atoms with Gasteiger partial charge in [0.15, 0.2) is 0 Å². The zero-order chi connectivity index (χ0) is 16.7. The van der Waals surface area contributed by atoms with Crippen LogP contribution in [0.2, 0.25) is 10.0 Å². The summed E-state index contributed by atoms with van der Waals surface area (Å²) in [7, 11) is 0. The summed E-state index contributed by atoms with van der Waals surface area (Å²) in [6.07, 6.45) is 1.23. The maximum absolute atomic E-state index is 11.3. The van der Waals surface area contributed by atoms with Gasteiger partial charge in [-0.25, -0.2) is 4.79 Å². The lowest BCUT2D eigenvalue weighted by molar-refractivity contribution is -0.138. The molecule has 122 valence electrons. The Balaban J connectivity index is 1.79. The molecule has 0 spiro atoms. The molecule has 1 unspecified atom stereocenters. The van der Waals surface area contributed by atoms with Crippen molar-refractivity contribution in [2.45, 2.75) is 18.9 Å². The van der Waals surface area contributed by atoms with Crippen molar-refractivity contribution in [1.29, 1.82) is 0 Å². The number of hydrogen-bond acceptors (Lipinski definition) is 3. The molecule has 1 atom stereocenters. The molecule has 0 aliphatic carbocycles. The predicted molar refractivity (Wildman–Crippen MR) is 95.7 cm³/mol. The lowest BCUT2D eigenvalue weighted by Crippen LogP contribution is -2.29. The van der Waals surface area contributed by atoms with Crippen LogP contribution in [0.25, 0.3) is 0 Å². The van der Waals surface area contributed by atoms with E-state index in [2.05, 4.69) is 10.6 Å². The van der Waals surface area contributed by atoms with Crippen LogP contribution in [-0.4, -0.2) is 23.7 Å². The summed E-state index contributed by atoms with van der Waals surface area (Å²) >= 11 is 11.6. The van der Waals surface area contributed by atoms with E-state index in [1.165, 1.54) is 0 Å². The molecular formula is C17H18Cl2N2O2. The molecule has 0 aromatic heterocycles. The zero-order valence-corrected chi connectivity index (χ0v) is 13.9. The quantitative estimate of drug-likeness (QED) is 0.600. The van der Waals surface area contributed by atoms with E-state index in [0.717, 1.165) is 17.8 Å². The van der Waals surface area contributed by atoms with Crippen LogP contribution < -0.4 is 10.6 Å². The fourth-order valence-corrected chi connectivity index (χ4v) is 2.36. The minimum atomic E-state index is -0.869. The number of rotatable bonds is 8. The normalized spacial score (nSPS) is 11.7.